The Morgan fingerprint density at radius 1 is 0.925 bits per heavy atom. The van der Waals surface area contributed by atoms with E-state index in [9.17, 15) is 5.21 Å². The fourth-order valence-corrected chi connectivity index (χ4v) is 11.1. The minimum atomic E-state index is -0.662. The van der Waals surface area contributed by atoms with Crippen molar-refractivity contribution in [3.05, 3.63) is 35.9 Å². The molecule has 1 radical (unpaired) electrons. The van der Waals surface area contributed by atoms with Gasteiger partial charge in [-0.1, -0.05) is 51.1 Å². The molecule has 0 N–H and O–H groups in total. The van der Waals surface area contributed by atoms with Crippen LogP contribution in [-0.2, 0) is 21.3 Å². The second-order valence-electron chi connectivity index (χ2n) is 16.2. The lowest BCUT2D eigenvalue weighted by atomic mass is 9.44. The largest absolute Gasteiger partial charge is 0.374 e. The van der Waals surface area contributed by atoms with Crippen LogP contribution in [0.25, 0.3) is 0 Å². The van der Waals surface area contributed by atoms with E-state index in [1.165, 1.54) is 68.4 Å². The van der Waals surface area contributed by atoms with E-state index >= 15 is 0 Å². The van der Waals surface area contributed by atoms with Gasteiger partial charge in [0, 0.05) is 0 Å². The summed E-state index contributed by atoms with van der Waals surface area (Å²) in [5.41, 5.74) is 1.19. The van der Waals surface area contributed by atoms with Crippen LogP contribution in [0.15, 0.2) is 30.3 Å². The summed E-state index contributed by atoms with van der Waals surface area (Å²) in [5, 5.41) is 14.2. The van der Waals surface area contributed by atoms with Crippen molar-refractivity contribution in [2.75, 3.05) is 6.61 Å². The van der Waals surface area contributed by atoms with Crippen LogP contribution >= 0.6 is 0 Å². The molecule has 1 heterocycles. The average Bonchev–Trinajstić information content (AvgIpc) is 3.40. The molecule has 1 aromatic carbocycles. The standard InChI is InChI=1S/C36H56NO3/c1-25(16-21-36(6)37(38)33(2,3)24-40-36)30-14-15-31-29-13-12-27-22-28(39-23-26-10-8-7-9-11-26)17-19-34(27,4)32(29)18-20-35(30,31)5/h7-11,25,27-32H,12-24H2,1-6H3/t25-,27-,28-,29+,30-,31+,32+,34+,35-,36?/m1/s1. The number of hydrogen-bond acceptors (Lipinski definition) is 3. The van der Waals surface area contributed by atoms with Gasteiger partial charge in [-0.3, -0.25) is 0 Å². The summed E-state index contributed by atoms with van der Waals surface area (Å²) in [4.78, 5) is 0. The molecule has 0 bridgehead atoms. The Bertz CT molecular complexity index is 1030. The highest BCUT2D eigenvalue weighted by atomic mass is 16.6. The lowest BCUT2D eigenvalue weighted by Gasteiger charge is -2.61. The number of nitrogens with zero attached hydrogens (tertiary/aromatic N) is 1. The van der Waals surface area contributed by atoms with E-state index in [0.717, 1.165) is 49.0 Å². The highest BCUT2D eigenvalue weighted by Crippen LogP contribution is 2.68. The van der Waals surface area contributed by atoms with Gasteiger partial charge in [-0.05, 0) is 143 Å². The summed E-state index contributed by atoms with van der Waals surface area (Å²) in [7, 11) is 0. The molecular formula is C36H56NO3. The van der Waals surface area contributed by atoms with Crippen LogP contribution in [0.5, 0.6) is 0 Å². The molecule has 0 amide bonds. The molecule has 1 aromatic rings. The Labute approximate surface area is 244 Å². The van der Waals surface area contributed by atoms with Crippen molar-refractivity contribution < 1.29 is 14.7 Å². The summed E-state index contributed by atoms with van der Waals surface area (Å²) in [6.45, 7) is 15.2. The maximum Gasteiger partial charge on any atom is 0.145 e. The van der Waals surface area contributed by atoms with Crippen LogP contribution in [0, 0.1) is 46.3 Å². The SMILES string of the molecule is C[C@H](CCC1(C)OCC(C)(C)N1[O])[C@H]1CC[C@H]2[C@@H]3CC[C@@H]4C[C@H](OCc5ccccc5)CC[C@]4(C)[C@H]3CC[C@]12C. The minimum absolute atomic E-state index is 0.414. The van der Waals surface area contributed by atoms with E-state index in [1.54, 1.807) is 0 Å². The van der Waals surface area contributed by atoms with Crippen LogP contribution in [0.1, 0.15) is 118 Å². The number of rotatable bonds is 7. The third kappa shape index (κ3) is 4.91. The predicted octanol–water partition coefficient (Wildman–Crippen LogP) is 8.82. The van der Waals surface area contributed by atoms with Crippen molar-refractivity contribution in [1.82, 2.24) is 5.06 Å². The molecule has 5 fully saturated rings. The van der Waals surface area contributed by atoms with Gasteiger partial charge in [-0.15, -0.1) is 10.3 Å². The van der Waals surface area contributed by atoms with Gasteiger partial charge in [0.1, 0.15) is 5.72 Å². The first kappa shape index (κ1) is 29.1. The maximum absolute atomic E-state index is 13.0. The first-order valence-corrected chi connectivity index (χ1v) is 16.7. The van der Waals surface area contributed by atoms with Crippen LogP contribution in [0.2, 0.25) is 0 Å². The van der Waals surface area contributed by atoms with E-state index in [-0.39, 0.29) is 0 Å². The second-order valence-corrected chi connectivity index (χ2v) is 16.2. The fourth-order valence-electron chi connectivity index (χ4n) is 11.1. The molecule has 4 aliphatic carbocycles. The van der Waals surface area contributed by atoms with Crippen LogP contribution < -0.4 is 0 Å². The van der Waals surface area contributed by atoms with Crippen molar-refractivity contribution in [2.45, 2.75) is 136 Å². The van der Waals surface area contributed by atoms with Gasteiger partial charge < -0.3 is 9.47 Å². The Morgan fingerprint density at radius 2 is 1.65 bits per heavy atom. The third-order valence-corrected chi connectivity index (χ3v) is 13.5. The van der Waals surface area contributed by atoms with E-state index in [2.05, 4.69) is 51.1 Å². The van der Waals surface area contributed by atoms with E-state index in [0.29, 0.717) is 29.5 Å². The van der Waals surface area contributed by atoms with Crippen molar-refractivity contribution in [2.24, 2.45) is 46.3 Å². The summed E-state index contributed by atoms with van der Waals surface area (Å²) in [5.74, 6) is 4.95. The van der Waals surface area contributed by atoms with Gasteiger partial charge in [-0.2, -0.15) is 0 Å². The molecule has 40 heavy (non-hydrogen) atoms. The van der Waals surface area contributed by atoms with Crippen molar-refractivity contribution in [3.8, 4) is 0 Å². The molecular weight excluding hydrogens is 494 g/mol. The van der Waals surface area contributed by atoms with Gasteiger partial charge in [0.15, 0.2) is 0 Å². The van der Waals surface area contributed by atoms with Gasteiger partial charge in [-0.25, -0.2) is 0 Å². The topological polar surface area (TPSA) is 41.6 Å². The average molecular weight is 551 g/mol. The summed E-state index contributed by atoms with van der Waals surface area (Å²) in [6.07, 6.45) is 14.7. The fraction of sp³-hybridized carbons (Fsp3) is 0.833. The number of hydroxylamine groups is 2. The second kappa shape index (κ2) is 10.6. The molecule has 4 heteroatoms. The van der Waals surface area contributed by atoms with Crippen molar-refractivity contribution in [1.29, 1.82) is 0 Å². The Balaban J connectivity index is 1.07. The zero-order valence-electron chi connectivity index (χ0n) is 26.3. The van der Waals surface area contributed by atoms with Crippen molar-refractivity contribution >= 4 is 0 Å². The van der Waals surface area contributed by atoms with Crippen LogP contribution in [-0.4, -0.2) is 29.0 Å². The summed E-state index contributed by atoms with van der Waals surface area (Å²) < 4.78 is 12.6. The van der Waals surface area contributed by atoms with E-state index < -0.39 is 11.3 Å². The molecule has 0 spiro atoms. The molecule has 223 valence electrons. The zero-order chi connectivity index (χ0) is 28.3. The molecule has 4 saturated carbocycles. The van der Waals surface area contributed by atoms with Gasteiger partial charge in [0.25, 0.3) is 0 Å². The highest BCUT2D eigenvalue weighted by Gasteiger charge is 2.61. The molecule has 1 saturated heterocycles. The monoisotopic (exact) mass is 550 g/mol. The maximum atomic E-state index is 13.0. The Hall–Kier alpha value is -0.940. The quantitative estimate of drug-likeness (QED) is 0.341. The van der Waals surface area contributed by atoms with Crippen LogP contribution in [0.3, 0.4) is 0 Å². The third-order valence-electron chi connectivity index (χ3n) is 13.5. The number of fused-ring (bicyclic) bond motifs is 5. The Morgan fingerprint density at radius 3 is 2.38 bits per heavy atom. The number of benzene rings is 1. The molecule has 1 unspecified atom stereocenters. The van der Waals surface area contributed by atoms with E-state index in [1.807, 2.05) is 20.8 Å². The normalized spacial score (nSPS) is 45.5. The summed E-state index contributed by atoms with van der Waals surface area (Å²) in [6, 6.07) is 10.7. The lowest BCUT2D eigenvalue weighted by Crippen LogP contribution is -2.54. The van der Waals surface area contributed by atoms with Crippen molar-refractivity contribution in [3.63, 3.8) is 0 Å². The zero-order valence-corrected chi connectivity index (χ0v) is 26.3. The number of ether oxygens (including phenoxy) is 2. The van der Waals surface area contributed by atoms with E-state index in [4.69, 9.17) is 9.47 Å². The molecule has 5 aliphatic rings. The van der Waals surface area contributed by atoms with Gasteiger partial charge in [0.05, 0.1) is 24.9 Å². The van der Waals surface area contributed by atoms with Crippen LogP contribution in [0.4, 0.5) is 0 Å². The number of hydrogen-bond donors (Lipinski definition) is 0. The predicted molar refractivity (Wildman–Crippen MR) is 160 cm³/mol. The summed E-state index contributed by atoms with van der Waals surface area (Å²) >= 11 is 0. The smallest absolute Gasteiger partial charge is 0.145 e. The molecule has 4 nitrogen and oxygen atoms in total. The highest BCUT2D eigenvalue weighted by molar-refractivity contribution is 5.14. The minimum Gasteiger partial charge on any atom is -0.374 e. The molecule has 0 aromatic heterocycles. The molecule has 1 aliphatic heterocycles. The molecule has 10 atom stereocenters. The first-order chi connectivity index (χ1) is 19.0. The van der Waals surface area contributed by atoms with Gasteiger partial charge >= 0.3 is 0 Å². The Kier molecular flexibility index (Phi) is 7.76. The lowest BCUT2D eigenvalue weighted by molar-refractivity contribution is -0.287. The first-order valence-electron chi connectivity index (χ1n) is 16.7. The van der Waals surface area contributed by atoms with Gasteiger partial charge in [0.2, 0.25) is 0 Å². The molecule has 6 rings (SSSR count).